The van der Waals surface area contributed by atoms with Crippen molar-refractivity contribution in [3.63, 3.8) is 0 Å². The molecule has 21 heavy (non-hydrogen) atoms. The van der Waals surface area contributed by atoms with Gasteiger partial charge in [-0.3, -0.25) is 0 Å². The van der Waals surface area contributed by atoms with Gasteiger partial charge in [0.2, 0.25) is 0 Å². The number of rotatable bonds is 3. The van der Waals surface area contributed by atoms with Crippen LogP contribution in [0, 0.1) is 23.2 Å². The number of hydrogen-bond donors (Lipinski definition) is 1. The molecule has 1 aromatic rings. The zero-order valence-electron chi connectivity index (χ0n) is 12.2. The number of aliphatic hydroxyl groups excluding tert-OH is 1. The summed E-state index contributed by atoms with van der Waals surface area (Å²) in [5.41, 5.74) is 1.06. The van der Waals surface area contributed by atoms with E-state index in [4.69, 9.17) is 23.2 Å². The minimum atomic E-state index is -0.303. The lowest BCUT2D eigenvalue weighted by Gasteiger charge is -2.58. The number of halogens is 2. The summed E-state index contributed by atoms with van der Waals surface area (Å²) in [6.07, 6.45) is 8.14. The van der Waals surface area contributed by atoms with Crippen LogP contribution in [0.3, 0.4) is 0 Å². The van der Waals surface area contributed by atoms with Crippen molar-refractivity contribution < 1.29 is 5.11 Å². The Morgan fingerprint density at radius 1 is 1.00 bits per heavy atom. The zero-order chi connectivity index (χ0) is 14.6. The molecule has 4 aliphatic carbocycles. The fourth-order valence-electron chi connectivity index (χ4n) is 5.72. The van der Waals surface area contributed by atoms with Gasteiger partial charge in [0.1, 0.15) is 0 Å². The van der Waals surface area contributed by atoms with Gasteiger partial charge in [-0.05, 0) is 79.4 Å². The first-order valence-corrected chi connectivity index (χ1v) is 8.92. The monoisotopic (exact) mass is 324 g/mol. The van der Waals surface area contributed by atoms with Gasteiger partial charge in [0.15, 0.2) is 0 Å². The molecule has 4 bridgehead atoms. The number of hydrogen-bond acceptors (Lipinski definition) is 1. The minimum absolute atomic E-state index is 0.136. The van der Waals surface area contributed by atoms with Crippen molar-refractivity contribution in [2.24, 2.45) is 23.2 Å². The maximum Gasteiger partial charge on any atom is 0.0638 e. The number of aliphatic hydroxyl groups is 1. The smallest absolute Gasteiger partial charge is 0.0638 e. The quantitative estimate of drug-likeness (QED) is 0.818. The molecule has 0 radical (unpaired) electrons. The molecule has 114 valence electrons. The first-order chi connectivity index (χ1) is 10.1. The van der Waals surface area contributed by atoms with Gasteiger partial charge in [-0.15, -0.1) is 0 Å². The van der Waals surface area contributed by atoms with Crippen molar-refractivity contribution in [1.82, 2.24) is 0 Å². The summed E-state index contributed by atoms with van der Waals surface area (Å²) in [6.45, 7) is 0. The van der Waals surface area contributed by atoms with Gasteiger partial charge in [-0.25, -0.2) is 0 Å². The molecule has 0 aliphatic heterocycles. The van der Waals surface area contributed by atoms with Gasteiger partial charge in [-0.2, -0.15) is 0 Å². The largest absolute Gasteiger partial charge is 0.392 e. The maximum atomic E-state index is 11.0. The highest BCUT2D eigenvalue weighted by Crippen LogP contribution is 2.61. The first-order valence-electron chi connectivity index (χ1n) is 8.17. The van der Waals surface area contributed by atoms with Crippen LogP contribution in [0.2, 0.25) is 10.0 Å². The lowest BCUT2D eigenvalue weighted by Crippen LogP contribution is -2.52. The Hall–Kier alpha value is -0.240. The molecule has 1 nitrogen and oxygen atoms in total. The van der Waals surface area contributed by atoms with Crippen LogP contribution in [0.15, 0.2) is 18.2 Å². The summed E-state index contributed by atoms with van der Waals surface area (Å²) in [6, 6.07) is 5.61. The van der Waals surface area contributed by atoms with Gasteiger partial charge >= 0.3 is 0 Å². The lowest BCUT2D eigenvalue weighted by atomic mass is 9.48. The molecule has 0 heterocycles. The van der Waals surface area contributed by atoms with Crippen molar-refractivity contribution >= 4 is 23.2 Å². The third-order valence-electron chi connectivity index (χ3n) is 6.25. The van der Waals surface area contributed by atoms with Gasteiger partial charge in [0, 0.05) is 16.5 Å². The van der Waals surface area contributed by atoms with Crippen molar-refractivity contribution in [3.05, 3.63) is 33.8 Å². The molecule has 3 heteroatoms. The van der Waals surface area contributed by atoms with E-state index in [2.05, 4.69) is 0 Å². The van der Waals surface area contributed by atoms with Gasteiger partial charge < -0.3 is 5.11 Å². The van der Waals surface area contributed by atoms with E-state index < -0.39 is 0 Å². The average Bonchev–Trinajstić information content (AvgIpc) is 2.41. The Kier molecular flexibility index (Phi) is 3.52. The van der Waals surface area contributed by atoms with E-state index in [1.165, 1.54) is 38.5 Å². The van der Waals surface area contributed by atoms with Crippen molar-refractivity contribution in [1.29, 1.82) is 0 Å². The van der Waals surface area contributed by atoms with Crippen LogP contribution in [0.1, 0.15) is 44.1 Å². The second kappa shape index (κ2) is 5.15. The summed E-state index contributed by atoms with van der Waals surface area (Å²) >= 11 is 12.6. The molecule has 0 saturated heterocycles. The highest BCUT2D eigenvalue weighted by Gasteiger charge is 2.53. The Morgan fingerprint density at radius 2 is 1.48 bits per heavy atom. The summed E-state index contributed by atoms with van der Waals surface area (Å²) in [7, 11) is 0. The Labute approximate surface area is 136 Å². The second-order valence-electron chi connectivity index (χ2n) is 7.70. The van der Waals surface area contributed by atoms with Crippen LogP contribution < -0.4 is 0 Å². The molecule has 0 spiro atoms. The van der Waals surface area contributed by atoms with E-state index >= 15 is 0 Å². The van der Waals surface area contributed by atoms with Crippen LogP contribution in [0.5, 0.6) is 0 Å². The molecular formula is C18H22Cl2O. The summed E-state index contributed by atoms with van der Waals surface area (Å²) in [5, 5.41) is 12.4. The molecule has 1 aromatic carbocycles. The average molecular weight is 325 g/mol. The van der Waals surface area contributed by atoms with Crippen molar-refractivity contribution in [2.45, 2.75) is 51.0 Å². The predicted molar refractivity (Wildman–Crippen MR) is 86.8 cm³/mol. The third-order valence-corrected chi connectivity index (χ3v) is 6.96. The summed E-state index contributed by atoms with van der Waals surface area (Å²) < 4.78 is 0. The summed E-state index contributed by atoms with van der Waals surface area (Å²) in [4.78, 5) is 0. The molecule has 1 N–H and O–H groups in total. The van der Waals surface area contributed by atoms with Crippen molar-refractivity contribution in [3.8, 4) is 0 Å². The van der Waals surface area contributed by atoms with E-state index in [1.54, 1.807) is 0 Å². The fraction of sp³-hybridized carbons (Fsp3) is 0.667. The van der Waals surface area contributed by atoms with Crippen LogP contribution in [-0.4, -0.2) is 11.2 Å². The van der Waals surface area contributed by atoms with E-state index in [1.807, 2.05) is 18.2 Å². The first kappa shape index (κ1) is 14.4. The molecule has 4 aliphatic rings. The molecule has 5 rings (SSSR count). The van der Waals surface area contributed by atoms with Crippen LogP contribution in [-0.2, 0) is 6.42 Å². The van der Waals surface area contributed by atoms with Crippen LogP contribution in [0.25, 0.3) is 0 Å². The molecule has 4 fully saturated rings. The van der Waals surface area contributed by atoms with E-state index in [0.717, 1.165) is 23.3 Å². The van der Waals surface area contributed by atoms with Crippen LogP contribution in [0.4, 0.5) is 0 Å². The normalized spacial score (nSPS) is 38.7. The molecule has 0 amide bonds. The second-order valence-corrected chi connectivity index (χ2v) is 8.51. The van der Waals surface area contributed by atoms with Gasteiger partial charge in [0.05, 0.1) is 6.10 Å². The third kappa shape index (κ3) is 2.42. The predicted octanol–water partition coefficient (Wildman–Crippen LogP) is 5.11. The standard InChI is InChI=1S/C18H22Cl2O/c19-15-2-1-3-16(20)14(15)7-17(21)18-8-11-4-12(9-18)6-13(5-11)10-18/h1-3,11-13,17,21H,4-10H2. The van der Waals surface area contributed by atoms with Crippen LogP contribution >= 0.6 is 23.2 Å². The Morgan fingerprint density at radius 3 is 1.95 bits per heavy atom. The molecule has 1 unspecified atom stereocenters. The Bertz CT molecular complexity index is 499. The SMILES string of the molecule is OC(Cc1c(Cl)cccc1Cl)C12CC3CC(CC(C3)C1)C2. The van der Waals surface area contributed by atoms with Crippen molar-refractivity contribution in [2.75, 3.05) is 0 Å². The molecular weight excluding hydrogens is 303 g/mol. The zero-order valence-corrected chi connectivity index (χ0v) is 13.7. The van der Waals surface area contributed by atoms with E-state index in [-0.39, 0.29) is 11.5 Å². The Balaban J connectivity index is 1.59. The molecule has 0 aromatic heterocycles. The highest BCUT2D eigenvalue weighted by molar-refractivity contribution is 6.36. The highest BCUT2D eigenvalue weighted by atomic mass is 35.5. The van der Waals surface area contributed by atoms with E-state index in [0.29, 0.717) is 16.5 Å². The minimum Gasteiger partial charge on any atom is -0.392 e. The molecule has 1 atom stereocenters. The lowest BCUT2D eigenvalue weighted by molar-refractivity contribution is -0.119. The summed E-state index contributed by atoms with van der Waals surface area (Å²) in [5.74, 6) is 2.56. The maximum absolute atomic E-state index is 11.0. The van der Waals surface area contributed by atoms with Gasteiger partial charge in [0.25, 0.3) is 0 Å². The topological polar surface area (TPSA) is 20.2 Å². The molecule has 4 saturated carbocycles. The fourth-order valence-corrected chi connectivity index (χ4v) is 6.27. The van der Waals surface area contributed by atoms with Gasteiger partial charge in [-0.1, -0.05) is 29.3 Å². The van der Waals surface area contributed by atoms with E-state index in [9.17, 15) is 5.11 Å². The number of benzene rings is 1.